The second kappa shape index (κ2) is 13.5. The fraction of sp³-hybridized carbons (Fsp3) is 0.214. The molecule has 0 spiro atoms. The van der Waals surface area contributed by atoms with Crippen molar-refractivity contribution in [3.8, 4) is 22.0 Å². The highest BCUT2D eigenvalue weighted by molar-refractivity contribution is 7.13. The molecule has 3 aliphatic carbocycles. The van der Waals surface area contributed by atoms with Gasteiger partial charge in [-0.3, -0.25) is 4.79 Å². The number of thiophene rings is 1. The molecular weight excluding hydrogens is 707 g/mol. The molecule has 264 valence electrons. The van der Waals surface area contributed by atoms with Gasteiger partial charge in [0, 0.05) is 12.2 Å². The smallest absolute Gasteiger partial charge is 0.308 e. The van der Waals surface area contributed by atoms with Crippen LogP contribution in [0.25, 0.3) is 33.1 Å². The SMILES string of the molecule is O=C(O)[C@@H]1C2CCC(CC2)[C@H]1Nc1nc(-c2cn(C(c3ccccc3)(c3ccccc3)c3ccccc3)c3ncc(Cl)nc23)nc(-c2cccs2)c1F. The number of carbonyl (C=O) groups is 1. The van der Waals surface area contributed by atoms with E-state index in [1.54, 1.807) is 0 Å². The molecule has 2 atom stereocenters. The monoisotopic (exact) mass is 740 g/mol. The van der Waals surface area contributed by atoms with Crippen LogP contribution in [0.5, 0.6) is 0 Å². The van der Waals surface area contributed by atoms with Gasteiger partial charge in [0.2, 0.25) is 0 Å². The van der Waals surface area contributed by atoms with Gasteiger partial charge in [0.25, 0.3) is 0 Å². The average Bonchev–Trinajstić information content (AvgIpc) is 3.87. The number of carboxylic acid groups (broad SMARTS) is 1. The van der Waals surface area contributed by atoms with Crippen molar-refractivity contribution in [3.63, 3.8) is 0 Å². The molecule has 8 nitrogen and oxygen atoms in total. The van der Waals surface area contributed by atoms with Crippen LogP contribution in [0.3, 0.4) is 0 Å². The standard InChI is InChI=1S/C42H34ClFN6O2S/c43-32-23-45-40-36(46-32)30(24-50(40)42(27-11-4-1-5-12-27,28-13-6-2-7-14-28)29-15-8-3-9-16-29)38-48-37(31-17-10-22-53-31)34(44)39(49-38)47-35-26-20-18-25(19-21-26)33(35)41(51)52/h1-17,22-26,33,35H,18-21H2,(H,51,52)(H,47,48,49)/t25?,26?,33-,35-/m1/s1. The normalized spacial score (nSPS) is 19.7. The van der Waals surface area contributed by atoms with Crippen LogP contribution in [0.2, 0.25) is 5.15 Å². The molecule has 0 unspecified atom stereocenters. The Labute approximate surface area is 314 Å². The summed E-state index contributed by atoms with van der Waals surface area (Å²) in [5.74, 6) is -1.81. The molecule has 0 aliphatic heterocycles. The fourth-order valence-corrected chi connectivity index (χ4v) is 9.60. The predicted octanol–water partition coefficient (Wildman–Crippen LogP) is 9.55. The lowest BCUT2D eigenvalue weighted by molar-refractivity contribution is -0.148. The van der Waals surface area contributed by atoms with Crippen molar-refractivity contribution in [3.05, 3.63) is 149 Å². The molecule has 7 aromatic rings. The van der Waals surface area contributed by atoms with Crippen LogP contribution >= 0.6 is 22.9 Å². The predicted molar refractivity (Wildman–Crippen MR) is 205 cm³/mol. The minimum Gasteiger partial charge on any atom is -0.481 e. The van der Waals surface area contributed by atoms with Crippen molar-refractivity contribution < 1.29 is 14.3 Å². The van der Waals surface area contributed by atoms with Gasteiger partial charge in [-0.25, -0.2) is 24.3 Å². The van der Waals surface area contributed by atoms with Crippen molar-refractivity contribution in [1.29, 1.82) is 0 Å². The van der Waals surface area contributed by atoms with E-state index in [-0.39, 0.29) is 34.3 Å². The van der Waals surface area contributed by atoms with Crippen molar-refractivity contribution in [2.24, 2.45) is 17.8 Å². The number of nitrogens with one attached hydrogen (secondary N) is 1. The first-order valence-corrected chi connectivity index (χ1v) is 19.0. The quantitative estimate of drug-likeness (QED) is 0.142. The topological polar surface area (TPSA) is 106 Å². The molecule has 3 aromatic carbocycles. The molecule has 4 aromatic heterocycles. The van der Waals surface area contributed by atoms with Crippen molar-refractivity contribution in [1.82, 2.24) is 24.5 Å². The molecule has 2 bridgehead atoms. The number of fused-ring (bicyclic) bond motifs is 4. The fourth-order valence-electron chi connectivity index (χ4n) is 8.75. The summed E-state index contributed by atoms with van der Waals surface area (Å²) in [6.45, 7) is 0. The number of aromatic nitrogens is 5. The lowest BCUT2D eigenvalue weighted by atomic mass is 9.61. The number of rotatable bonds is 9. The number of hydrogen-bond acceptors (Lipinski definition) is 7. The molecule has 3 fully saturated rings. The Balaban J connectivity index is 1.31. The molecule has 11 heteroatoms. The molecule has 3 aliphatic rings. The molecule has 53 heavy (non-hydrogen) atoms. The highest BCUT2D eigenvalue weighted by atomic mass is 35.5. The zero-order chi connectivity index (χ0) is 36.1. The van der Waals surface area contributed by atoms with Crippen molar-refractivity contribution in [2.75, 3.05) is 5.32 Å². The van der Waals surface area contributed by atoms with E-state index in [0.29, 0.717) is 21.6 Å². The number of anilines is 1. The van der Waals surface area contributed by atoms with E-state index in [1.807, 2.05) is 78.3 Å². The molecule has 2 N–H and O–H groups in total. The lowest BCUT2D eigenvalue weighted by Gasteiger charge is -2.47. The van der Waals surface area contributed by atoms with Gasteiger partial charge < -0.3 is 15.0 Å². The van der Waals surface area contributed by atoms with E-state index in [0.717, 1.165) is 42.4 Å². The minimum absolute atomic E-state index is 0.0291. The van der Waals surface area contributed by atoms with Gasteiger partial charge in [0.15, 0.2) is 23.1 Å². The van der Waals surface area contributed by atoms with Gasteiger partial charge in [-0.2, -0.15) is 0 Å². The maximum absolute atomic E-state index is 16.7. The van der Waals surface area contributed by atoms with Gasteiger partial charge in [-0.1, -0.05) is 109 Å². The van der Waals surface area contributed by atoms with Crippen LogP contribution in [0.4, 0.5) is 10.2 Å². The number of benzene rings is 3. The van der Waals surface area contributed by atoms with E-state index >= 15 is 4.39 Å². The van der Waals surface area contributed by atoms with Crippen LogP contribution in [0, 0.1) is 23.6 Å². The maximum Gasteiger partial charge on any atom is 0.308 e. The van der Waals surface area contributed by atoms with E-state index in [2.05, 4.69) is 46.3 Å². The Kier molecular flexibility index (Phi) is 8.51. The Morgan fingerprint density at radius 2 is 1.43 bits per heavy atom. The third-order valence-corrected chi connectivity index (χ3v) is 12.1. The largest absolute Gasteiger partial charge is 0.481 e. The van der Waals surface area contributed by atoms with Gasteiger partial charge in [0.1, 0.15) is 21.9 Å². The molecule has 0 amide bonds. The Bertz CT molecular complexity index is 2320. The summed E-state index contributed by atoms with van der Waals surface area (Å²) < 4.78 is 18.8. The highest BCUT2D eigenvalue weighted by Crippen LogP contribution is 2.48. The van der Waals surface area contributed by atoms with Gasteiger partial charge >= 0.3 is 5.97 Å². The summed E-state index contributed by atoms with van der Waals surface area (Å²) >= 11 is 7.95. The van der Waals surface area contributed by atoms with Crippen molar-refractivity contribution in [2.45, 2.75) is 37.3 Å². The van der Waals surface area contributed by atoms with E-state index in [9.17, 15) is 9.90 Å². The number of hydrogen-bond donors (Lipinski definition) is 2. The van der Waals surface area contributed by atoms with Gasteiger partial charge in [-0.05, 0) is 65.7 Å². The number of nitrogens with zero attached hydrogens (tertiary/aromatic N) is 5. The first-order valence-electron chi connectivity index (χ1n) is 17.7. The van der Waals surface area contributed by atoms with Crippen molar-refractivity contribution >= 4 is 45.9 Å². The maximum atomic E-state index is 16.7. The summed E-state index contributed by atoms with van der Waals surface area (Å²) in [4.78, 5) is 32.7. The molecule has 4 heterocycles. The first-order chi connectivity index (χ1) is 25.9. The zero-order valence-corrected chi connectivity index (χ0v) is 30.0. The third-order valence-electron chi connectivity index (χ3n) is 11.1. The molecule has 0 saturated heterocycles. The number of aliphatic carboxylic acids is 1. The summed E-state index contributed by atoms with van der Waals surface area (Å²) in [5.41, 5.74) is 3.58. The van der Waals surface area contributed by atoms with Crippen LogP contribution in [-0.2, 0) is 10.3 Å². The number of carboxylic acids is 1. The lowest BCUT2D eigenvalue weighted by Crippen LogP contribution is -2.51. The number of halogens is 2. The van der Waals surface area contributed by atoms with Crippen LogP contribution in [0.15, 0.2) is 121 Å². The molecule has 3 saturated carbocycles. The summed E-state index contributed by atoms with van der Waals surface area (Å²) in [6.07, 6.45) is 6.98. The van der Waals surface area contributed by atoms with E-state index in [4.69, 9.17) is 31.5 Å². The molecule has 0 radical (unpaired) electrons. The minimum atomic E-state index is -0.948. The summed E-state index contributed by atoms with van der Waals surface area (Å²) in [7, 11) is 0. The molecule has 10 rings (SSSR count). The molecular formula is C42H34ClFN6O2S. The Morgan fingerprint density at radius 1 is 0.830 bits per heavy atom. The Morgan fingerprint density at radius 3 is 2.00 bits per heavy atom. The summed E-state index contributed by atoms with van der Waals surface area (Å²) in [5, 5.41) is 15.7. The Hall–Kier alpha value is -5.45. The summed E-state index contributed by atoms with van der Waals surface area (Å²) in [6, 6.07) is 33.8. The van der Waals surface area contributed by atoms with Gasteiger partial charge in [0.05, 0.1) is 22.6 Å². The van der Waals surface area contributed by atoms with Crippen LogP contribution in [0.1, 0.15) is 42.4 Å². The zero-order valence-electron chi connectivity index (χ0n) is 28.4. The first kappa shape index (κ1) is 33.4. The van der Waals surface area contributed by atoms with Gasteiger partial charge in [-0.15, -0.1) is 11.3 Å². The third kappa shape index (κ3) is 5.59. The second-order valence-corrected chi connectivity index (χ2v) is 15.2. The van der Waals surface area contributed by atoms with Crippen LogP contribution in [-0.4, -0.2) is 41.6 Å². The van der Waals surface area contributed by atoms with E-state index in [1.165, 1.54) is 17.5 Å². The second-order valence-electron chi connectivity index (χ2n) is 13.8. The van der Waals surface area contributed by atoms with Crippen LogP contribution < -0.4 is 5.32 Å². The van der Waals surface area contributed by atoms with E-state index < -0.39 is 29.3 Å². The average molecular weight is 741 g/mol. The highest BCUT2D eigenvalue weighted by Gasteiger charge is 2.48.